The summed E-state index contributed by atoms with van der Waals surface area (Å²) in [6.07, 6.45) is 9.36. The molecule has 0 radical (unpaired) electrons. The van der Waals surface area contributed by atoms with E-state index in [2.05, 4.69) is 83.3 Å². The Kier molecular flexibility index (Phi) is 10.6. The first-order chi connectivity index (χ1) is 14.0. The third-order valence-electron chi connectivity index (χ3n) is 4.82. The lowest BCUT2D eigenvalue weighted by atomic mass is 9.89. The maximum atomic E-state index is 12.1. The van der Waals surface area contributed by atoms with Crippen molar-refractivity contribution in [3.05, 3.63) is 52.6 Å². The molecule has 0 heterocycles. The van der Waals surface area contributed by atoms with Gasteiger partial charge in [0.2, 0.25) is 0 Å². The highest BCUT2D eigenvalue weighted by molar-refractivity contribution is 5.78. The molecular formula is C26H40N2O2. The number of carbonyl (C=O) groups is 1. The maximum Gasteiger partial charge on any atom is 0.277 e. The van der Waals surface area contributed by atoms with E-state index in [1.54, 1.807) is 6.21 Å². The second kappa shape index (κ2) is 12.4. The second-order valence-electron chi connectivity index (χ2n) is 9.34. The van der Waals surface area contributed by atoms with Crippen molar-refractivity contribution in [3.8, 4) is 5.75 Å². The SMILES string of the molecule is CC(C)=CCCC(C)=CCC(C)(C)C=NNC(=O)COc1cc(C)ccc1C(C)C. The van der Waals surface area contributed by atoms with E-state index in [4.69, 9.17) is 4.74 Å². The molecule has 1 amide bonds. The van der Waals surface area contributed by atoms with E-state index in [1.807, 2.05) is 13.0 Å². The number of benzene rings is 1. The molecule has 4 heteroatoms. The van der Waals surface area contributed by atoms with E-state index in [1.165, 1.54) is 11.1 Å². The zero-order chi connectivity index (χ0) is 22.7. The fraction of sp³-hybridized carbons (Fsp3) is 0.538. The normalized spacial score (nSPS) is 12.4. The van der Waals surface area contributed by atoms with Crippen LogP contribution in [0.5, 0.6) is 5.75 Å². The van der Waals surface area contributed by atoms with Gasteiger partial charge in [0.15, 0.2) is 6.61 Å². The number of rotatable bonds is 11. The van der Waals surface area contributed by atoms with Crippen LogP contribution < -0.4 is 10.2 Å². The lowest BCUT2D eigenvalue weighted by Gasteiger charge is -2.17. The summed E-state index contributed by atoms with van der Waals surface area (Å²) in [4.78, 5) is 12.1. The number of hydrogen-bond acceptors (Lipinski definition) is 3. The summed E-state index contributed by atoms with van der Waals surface area (Å²) in [6, 6.07) is 6.09. The molecule has 0 unspecified atom stereocenters. The van der Waals surface area contributed by atoms with Crippen LogP contribution in [0.15, 0.2) is 46.6 Å². The van der Waals surface area contributed by atoms with Crippen LogP contribution in [0.25, 0.3) is 0 Å². The zero-order valence-electron chi connectivity index (χ0n) is 20.1. The molecule has 0 saturated heterocycles. The first kappa shape index (κ1) is 25.7. The van der Waals surface area contributed by atoms with Crippen molar-refractivity contribution in [2.75, 3.05) is 6.61 Å². The molecule has 0 aliphatic rings. The van der Waals surface area contributed by atoms with Crippen LogP contribution in [0.1, 0.15) is 84.8 Å². The molecule has 0 aromatic heterocycles. The van der Waals surface area contributed by atoms with Crippen LogP contribution in [0.4, 0.5) is 0 Å². The number of nitrogens with zero attached hydrogens (tertiary/aromatic N) is 1. The predicted molar refractivity (Wildman–Crippen MR) is 128 cm³/mol. The summed E-state index contributed by atoms with van der Waals surface area (Å²) in [5, 5.41) is 4.15. The Morgan fingerprint density at radius 2 is 1.90 bits per heavy atom. The molecule has 0 atom stereocenters. The Labute approximate surface area is 183 Å². The van der Waals surface area contributed by atoms with Gasteiger partial charge in [-0.25, -0.2) is 5.43 Å². The first-order valence-electron chi connectivity index (χ1n) is 10.9. The molecule has 0 bridgehead atoms. The minimum absolute atomic E-state index is 0.0513. The molecule has 1 aromatic rings. The summed E-state index contributed by atoms with van der Waals surface area (Å²) in [6.45, 7) is 16.8. The van der Waals surface area contributed by atoms with Crippen LogP contribution >= 0.6 is 0 Å². The Morgan fingerprint density at radius 3 is 2.53 bits per heavy atom. The third kappa shape index (κ3) is 10.4. The minimum Gasteiger partial charge on any atom is -0.483 e. The average molecular weight is 413 g/mol. The van der Waals surface area contributed by atoms with Gasteiger partial charge in [-0.1, -0.05) is 63.1 Å². The lowest BCUT2D eigenvalue weighted by molar-refractivity contribution is -0.123. The molecule has 1 N–H and O–H groups in total. The summed E-state index contributed by atoms with van der Waals surface area (Å²) in [7, 11) is 0. The molecule has 0 spiro atoms. The minimum atomic E-state index is -0.258. The molecule has 0 aliphatic heterocycles. The highest BCUT2D eigenvalue weighted by Crippen LogP contribution is 2.27. The number of nitrogens with one attached hydrogen (secondary N) is 1. The Bertz CT molecular complexity index is 782. The molecule has 30 heavy (non-hydrogen) atoms. The number of hydrogen-bond donors (Lipinski definition) is 1. The topological polar surface area (TPSA) is 50.7 Å². The Hall–Kier alpha value is -2.36. The zero-order valence-corrected chi connectivity index (χ0v) is 20.1. The number of ether oxygens (including phenoxy) is 1. The first-order valence-corrected chi connectivity index (χ1v) is 10.9. The van der Waals surface area contributed by atoms with Crippen molar-refractivity contribution >= 4 is 12.1 Å². The number of amides is 1. The average Bonchev–Trinajstić information content (AvgIpc) is 2.64. The van der Waals surface area contributed by atoms with Gasteiger partial charge < -0.3 is 4.74 Å². The van der Waals surface area contributed by atoms with Gasteiger partial charge in [0, 0.05) is 11.6 Å². The Morgan fingerprint density at radius 1 is 1.20 bits per heavy atom. The fourth-order valence-electron chi connectivity index (χ4n) is 2.88. The molecule has 4 nitrogen and oxygen atoms in total. The summed E-state index contributed by atoms with van der Waals surface area (Å²) < 4.78 is 5.76. The van der Waals surface area contributed by atoms with Gasteiger partial charge in [-0.15, -0.1) is 0 Å². The quantitative estimate of drug-likeness (QED) is 0.249. The van der Waals surface area contributed by atoms with Gasteiger partial charge in [-0.3, -0.25) is 4.79 Å². The highest BCUT2D eigenvalue weighted by atomic mass is 16.5. The van der Waals surface area contributed by atoms with Crippen molar-refractivity contribution in [2.45, 2.75) is 80.6 Å². The highest BCUT2D eigenvalue weighted by Gasteiger charge is 2.14. The second-order valence-corrected chi connectivity index (χ2v) is 9.34. The van der Waals surface area contributed by atoms with Crippen molar-refractivity contribution in [2.24, 2.45) is 10.5 Å². The van der Waals surface area contributed by atoms with E-state index in [0.717, 1.165) is 36.1 Å². The molecule has 1 aromatic carbocycles. The number of hydrazone groups is 1. The van der Waals surface area contributed by atoms with Crippen molar-refractivity contribution < 1.29 is 9.53 Å². The van der Waals surface area contributed by atoms with Crippen molar-refractivity contribution in [1.29, 1.82) is 0 Å². The lowest BCUT2D eigenvalue weighted by Crippen LogP contribution is -2.26. The predicted octanol–water partition coefficient (Wildman–Crippen LogP) is 6.71. The van der Waals surface area contributed by atoms with Crippen LogP contribution in [-0.4, -0.2) is 18.7 Å². The molecule has 0 aliphatic carbocycles. The van der Waals surface area contributed by atoms with Gasteiger partial charge in [-0.2, -0.15) is 5.10 Å². The van der Waals surface area contributed by atoms with Crippen LogP contribution in [0.3, 0.4) is 0 Å². The number of carbonyl (C=O) groups excluding carboxylic acids is 1. The summed E-state index contributed by atoms with van der Waals surface area (Å²) in [5.41, 5.74) is 7.40. The standard InChI is InChI=1S/C26H40N2O2/c1-19(2)10-9-11-21(5)14-15-26(7,8)18-27-28-25(29)17-30-24-16-22(6)12-13-23(24)20(3)4/h10,12-14,16,18,20H,9,11,15,17H2,1-8H3,(H,28,29). The fourth-order valence-corrected chi connectivity index (χ4v) is 2.88. The Balaban J connectivity index is 2.51. The molecule has 0 fully saturated rings. The van der Waals surface area contributed by atoms with E-state index < -0.39 is 0 Å². The number of aryl methyl sites for hydroxylation is 1. The van der Waals surface area contributed by atoms with Gasteiger partial charge in [0.1, 0.15) is 5.75 Å². The molecular weight excluding hydrogens is 372 g/mol. The van der Waals surface area contributed by atoms with Gasteiger partial charge in [0.25, 0.3) is 5.91 Å². The van der Waals surface area contributed by atoms with Gasteiger partial charge in [-0.05, 0) is 70.1 Å². The van der Waals surface area contributed by atoms with E-state index in [-0.39, 0.29) is 17.9 Å². The monoisotopic (exact) mass is 412 g/mol. The largest absolute Gasteiger partial charge is 0.483 e. The smallest absolute Gasteiger partial charge is 0.277 e. The van der Waals surface area contributed by atoms with Crippen LogP contribution in [-0.2, 0) is 4.79 Å². The summed E-state index contributed by atoms with van der Waals surface area (Å²) in [5.74, 6) is 0.839. The van der Waals surface area contributed by atoms with Crippen LogP contribution in [0, 0.1) is 12.3 Å². The van der Waals surface area contributed by atoms with Gasteiger partial charge >= 0.3 is 0 Å². The van der Waals surface area contributed by atoms with E-state index in [9.17, 15) is 4.79 Å². The summed E-state index contributed by atoms with van der Waals surface area (Å²) >= 11 is 0. The van der Waals surface area contributed by atoms with Crippen molar-refractivity contribution in [3.63, 3.8) is 0 Å². The van der Waals surface area contributed by atoms with E-state index in [0.29, 0.717) is 5.92 Å². The van der Waals surface area contributed by atoms with Gasteiger partial charge in [0.05, 0.1) is 0 Å². The molecule has 0 saturated carbocycles. The number of allylic oxidation sites excluding steroid dienone is 4. The van der Waals surface area contributed by atoms with E-state index >= 15 is 0 Å². The third-order valence-corrected chi connectivity index (χ3v) is 4.82. The van der Waals surface area contributed by atoms with Crippen molar-refractivity contribution in [1.82, 2.24) is 5.43 Å². The molecule has 1 rings (SSSR count). The van der Waals surface area contributed by atoms with Crippen LogP contribution in [0.2, 0.25) is 0 Å². The molecule has 166 valence electrons. The maximum absolute atomic E-state index is 12.1.